The summed E-state index contributed by atoms with van der Waals surface area (Å²) in [6.07, 6.45) is 0. The summed E-state index contributed by atoms with van der Waals surface area (Å²) in [5.41, 5.74) is 4.19. The quantitative estimate of drug-likeness (QED) is 0.639. The highest BCUT2D eigenvalue weighted by molar-refractivity contribution is 7.80. The van der Waals surface area contributed by atoms with Crippen molar-refractivity contribution in [2.45, 2.75) is 64.2 Å². The number of hydrogen-bond acceptors (Lipinski definition) is 5. The molecule has 2 fully saturated rings. The molecule has 0 aliphatic carbocycles. The van der Waals surface area contributed by atoms with Crippen LogP contribution in [0.15, 0.2) is 11.0 Å². The molecule has 1 aromatic rings. The standard InChI is InChI=1S/C19H31BN2O2S/c1-13-15(12-22-9-7-21-8-10-22)11-16(14(2)17(13)25)20-23-18(3,4)19(5,6)24-20/h11,21,25H,7-10,12H2,1-6H3. The number of benzene rings is 1. The first-order valence-corrected chi connectivity index (χ1v) is 9.68. The van der Waals surface area contributed by atoms with E-state index in [1.807, 2.05) is 0 Å². The average molecular weight is 362 g/mol. The maximum absolute atomic E-state index is 6.29. The zero-order valence-electron chi connectivity index (χ0n) is 16.4. The zero-order chi connectivity index (χ0) is 18.4. The van der Waals surface area contributed by atoms with Crippen LogP contribution < -0.4 is 10.8 Å². The minimum atomic E-state index is -0.335. The lowest BCUT2D eigenvalue weighted by molar-refractivity contribution is 0.00578. The van der Waals surface area contributed by atoms with Gasteiger partial charge in [0.05, 0.1) is 11.2 Å². The van der Waals surface area contributed by atoms with Gasteiger partial charge >= 0.3 is 7.12 Å². The Bertz CT molecular complexity index is 641. The minimum Gasteiger partial charge on any atom is -0.399 e. The molecular weight excluding hydrogens is 331 g/mol. The van der Waals surface area contributed by atoms with Crippen LogP contribution in [0.4, 0.5) is 0 Å². The van der Waals surface area contributed by atoms with E-state index in [9.17, 15) is 0 Å². The summed E-state index contributed by atoms with van der Waals surface area (Å²) in [6.45, 7) is 17.9. The average Bonchev–Trinajstić information content (AvgIpc) is 2.76. The van der Waals surface area contributed by atoms with Crippen LogP contribution in [0.25, 0.3) is 0 Å². The Morgan fingerprint density at radius 3 is 2.20 bits per heavy atom. The SMILES string of the molecule is Cc1c(CN2CCNCC2)cc(B2OC(C)(C)C(C)(C)O2)c(C)c1S. The molecule has 2 saturated heterocycles. The van der Waals surface area contributed by atoms with Crippen molar-refractivity contribution >= 4 is 25.2 Å². The molecule has 1 N–H and O–H groups in total. The largest absolute Gasteiger partial charge is 0.495 e. The van der Waals surface area contributed by atoms with Gasteiger partial charge in [0.15, 0.2) is 0 Å². The van der Waals surface area contributed by atoms with Crippen molar-refractivity contribution in [1.29, 1.82) is 0 Å². The third-order valence-electron chi connectivity index (χ3n) is 6.07. The van der Waals surface area contributed by atoms with Crippen LogP contribution in [-0.4, -0.2) is 49.4 Å². The van der Waals surface area contributed by atoms with Crippen molar-refractivity contribution in [1.82, 2.24) is 10.2 Å². The van der Waals surface area contributed by atoms with Crippen molar-refractivity contribution in [3.05, 3.63) is 22.8 Å². The van der Waals surface area contributed by atoms with Crippen LogP contribution in [0.1, 0.15) is 44.4 Å². The summed E-state index contributed by atoms with van der Waals surface area (Å²) in [6, 6.07) is 2.27. The zero-order valence-corrected chi connectivity index (χ0v) is 17.3. The number of hydrogen-bond donors (Lipinski definition) is 2. The normalized spacial score (nSPS) is 23.2. The van der Waals surface area contributed by atoms with Crippen molar-refractivity contribution in [2.75, 3.05) is 26.2 Å². The van der Waals surface area contributed by atoms with Gasteiger partial charge in [0, 0.05) is 37.6 Å². The van der Waals surface area contributed by atoms with Gasteiger partial charge < -0.3 is 14.6 Å². The van der Waals surface area contributed by atoms with E-state index >= 15 is 0 Å². The number of rotatable bonds is 3. The molecule has 0 aromatic heterocycles. The lowest BCUT2D eigenvalue weighted by Crippen LogP contribution is -2.43. The van der Waals surface area contributed by atoms with Crippen LogP contribution in [0, 0.1) is 13.8 Å². The fraction of sp³-hybridized carbons (Fsp3) is 0.684. The van der Waals surface area contributed by atoms with E-state index in [0.717, 1.165) is 48.6 Å². The lowest BCUT2D eigenvalue weighted by atomic mass is 9.74. The first-order chi connectivity index (χ1) is 11.6. The molecule has 0 atom stereocenters. The van der Waals surface area contributed by atoms with Crippen molar-refractivity contribution < 1.29 is 9.31 Å². The topological polar surface area (TPSA) is 33.7 Å². The highest BCUT2D eigenvalue weighted by Gasteiger charge is 2.52. The Hall–Kier alpha value is -0.525. The molecule has 6 heteroatoms. The summed E-state index contributed by atoms with van der Waals surface area (Å²) < 4.78 is 12.6. The number of nitrogens with one attached hydrogen (secondary N) is 1. The second-order valence-electron chi connectivity index (χ2n) is 8.34. The molecule has 0 bridgehead atoms. The van der Waals surface area contributed by atoms with E-state index in [1.54, 1.807) is 0 Å². The number of thiol groups is 1. The van der Waals surface area contributed by atoms with Crippen molar-refractivity contribution in [3.8, 4) is 0 Å². The predicted molar refractivity (Wildman–Crippen MR) is 107 cm³/mol. The fourth-order valence-electron chi connectivity index (χ4n) is 3.46. The Morgan fingerprint density at radius 1 is 1.08 bits per heavy atom. The van der Waals surface area contributed by atoms with E-state index in [-0.39, 0.29) is 18.3 Å². The van der Waals surface area contributed by atoms with Gasteiger partial charge in [0.25, 0.3) is 0 Å². The van der Waals surface area contributed by atoms with Crippen LogP contribution in [0.5, 0.6) is 0 Å². The van der Waals surface area contributed by atoms with E-state index < -0.39 is 0 Å². The molecule has 1 aromatic carbocycles. The van der Waals surface area contributed by atoms with Gasteiger partial charge in [-0.15, -0.1) is 12.6 Å². The van der Waals surface area contributed by atoms with Gasteiger partial charge in [-0.2, -0.15) is 0 Å². The van der Waals surface area contributed by atoms with Crippen molar-refractivity contribution in [3.63, 3.8) is 0 Å². The molecule has 138 valence electrons. The Kier molecular flexibility index (Phi) is 5.31. The van der Waals surface area contributed by atoms with E-state index in [4.69, 9.17) is 21.9 Å². The molecule has 0 amide bonds. The molecule has 0 saturated carbocycles. The first kappa shape index (κ1) is 19.2. The molecule has 25 heavy (non-hydrogen) atoms. The molecule has 4 nitrogen and oxygen atoms in total. The number of nitrogens with zero attached hydrogens (tertiary/aromatic N) is 1. The summed E-state index contributed by atoms with van der Waals surface area (Å²) in [5, 5.41) is 3.41. The number of piperazine rings is 1. The van der Waals surface area contributed by atoms with Crippen molar-refractivity contribution in [2.24, 2.45) is 0 Å². The van der Waals surface area contributed by atoms with Gasteiger partial charge in [0.2, 0.25) is 0 Å². The molecule has 2 aliphatic rings. The second kappa shape index (κ2) is 6.89. The van der Waals surface area contributed by atoms with Gasteiger partial charge in [0.1, 0.15) is 0 Å². The second-order valence-corrected chi connectivity index (χ2v) is 8.79. The predicted octanol–water partition coefficient (Wildman–Crippen LogP) is 2.30. The monoisotopic (exact) mass is 362 g/mol. The van der Waals surface area contributed by atoms with Gasteiger partial charge in [-0.3, -0.25) is 4.90 Å². The lowest BCUT2D eigenvalue weighted by Gasteiger charge is -2.32. The summed E-state index contributed by atoms with van der Waals surface area (Å²) in [7, 11) is -0.335. The van der Waals surface area contributed by atoms with E-state index in [1.165, 1.54) is 11.1 Å². The molecule has 0 radical (unpaired) electrons. The molecule has 2 heterocycles. The third kappa shape index (κ3) is 3.65. The van der Waals surface area contributed by atoms with E-state index in [2.05, 4.69) is 57.8 Å². The maximum atomic E-state index is 6.29. The summed E-state index contributed by atoms with van der Waals surface area (Å²) >= 11 is 4.81. The van der Waals surface area contributed by atoms with Crippen LogP contribution in [0.3, 0.4) is 0 Å². The van der Waals surface area contributed by atoms with Crippen LogP contribution in [-0.2, 0) is 15.9 Å². The van der Waals surface area contributed by atoms with Gasteiger partial charge in [-0.1, -0.05) is 6.07 Å². The smallest absolute Gasteiger partial charge is 0.399 e. The van der Waals surface area contributed by atoms with Gasteiger partial charge in [-0.25, -0.2) is 0 Å². The Labute approximate surface area is 158 Å². The molecule has 3 rings (SSSR count). The Morgan fingerprint density at radius 2 is 1.64 bits per heavy atom. The fourth-order valence-corrected chi connectivity index (χ4v) is 3.74. The molecule has 2 aliphatic heterocycles. The highest BCUT2D eigenvalue weighted by Crippen LogP contribution is 2.37. The van der Waals surface area contributed by atoms with Crippen LogP contribution in [0.2, 0.25) is 0 Å². The molecule has 0 unspecified atom stereocenters. The highest BCUT2D eigenvalue weighted by atomic mass is 32.1. The minimum absolute atomic E-state index is 0.329. The first-order valence-electron chi connectivity index (χ1n) is 9.23. The Balaban J connectivity index is 1.92. The van der Waals surface area contributed by atoms with Gasteiger partial charge in [-0.05, 0) is 63.7 Å². The van der Waals surface area contributed by atoms with Crippen LogP contribution >= 0.6 is 12.6 Å². The molecular formula is C19H31BN2O2S. The van der Waals surface area contributed by atoms with E-state index in [0.29, 0.717) is 0 Å². The maximum Gasteiger partial charge on any atom is 0.495 e. The summed E-state index contributed by atoms with van der Waals surface area (Å²) in [5.74, 6) is 0. The molecule has 0 spiro atoms. The summed E-state index contributed by atoms with van der Waals surface area (Å²) in [4.78, 5) is 3.55. The third-order valence-corrected chi connectivity index (χ3v) is 6.74.